The Bertz CT molecular complexity index is 980. The average Bonchev–Trinajstić information content (AvgIpc) is 3.07. The molecule has 0 radical (unpaired) electrons. The molecule has 9 heteroatoms. The SMILES string of the molecule is Cc1ccc(Cn2nc(C(=O)NCCSc3nncn3C)ccc2=O)cc1. The van der Waals surface area contributed by atoms with E-state index in [-0.39, 0.29) is 17.2 Å². The number of amides is 1. The van der Waals surface area contributed by atoms with Crippen LogP contribution in [-0.2, 0) is 13.6 Å². The maximum Gasteiger partial charge on any atom is 0.271 e. The van der Waals surface area contributed by atoms with Crippen molar-refractivity contribution in [3.63, 3.8) is 0 Å². The topological polar surface area (TPSA) is 94.7 Å². The van der Waals surface area contributed by atoms with Crippen molar-refractivity contribution >= 4 is 17.7 Å². The average molecular weight is 384 g/mol. The van der Waals surface area contributed by atoms with Crippen molar-refractivity contribution in [2.75, 3.05) is 12.3 Å². The van der Waals surface area contributed by atoms with Gasteiger partial charge in [0.05, 0.1) is 6.54 Å². The van der Waals surface area contributed by atoms with Gasteiger partial charge >= 0.3 is 0 Å². The van der Waals surface area contributed by atoms with E-state index in [4.69, 9.17) is 0 Å². The zero-order valence-corrected chi connectivity index (χ0v) is 15.9. The van der Waals surface area contributed by atoms with Gasteiger partial charge in [0.25, 0.3) is 11.5 Å². The Hall–Kier alpha value is -2.94. The van der Waals surface area contributed by atoms with Crippen LogP contribution >= 0.6 is 11.8 Å². The van der Waals surface area contributed by atoms with E-state index < -0.39 is 0 Å². The van der Waals surface area contributed by atoms with Gasteiger partial charge in [0, 0.05) is 25.4 Å². The summed E-state index contributed by atoms with van der Waals surface area (Å²) >= 11 is 1.50. The van der Waals surface area contributed by atoms with Gasteiger partial charge in [-0.05, 0) is 18.6 Å². The smallest absolute Gasteiger partial charge is 0.271 e. The lowest BCUT2D eigenvalue weighted by atomic mass is 10.1. The Morgan fingerprint density at radius 3 is 2.67 bits per heavy atom. The van der Waals surface area contributed by atoms with Gasteiger partial charge in [-0.2, -0.15) is 5.10 Å². The molecule has 2 aromatic heterocycles. The highest BCUT2D eigenvalue weighted by Crippen LogP contribution is 2.11. The van der Waals surface area contributed by atoms with Gasteiger partial charge in [0.15, 0.2) is 5.16 Å². The highest BCUT2D eigenvalue weighted by Gasteiger charge is 2.10. The summed E-state index contributed by atoms with van der Waals surface area (Å²) in [6.45, 7) is 2.78. The molecule has 3 aromatic rings. The number of hydrogen-bond donors (Lipinski definition) is 1. The molecule has 0 fully saturated rings. The van der Waals surface area contributed by atoms with Crippen LogP contribution in [0.3, 0.4) is 0 Å². The van der Waals surface area contributed by atoms with Crippen LogP contribution in [-0.4, -0.2) is 42.7 Å². The summed E-state index contributed by atoms with van der Waals surface area (Å²) in [4.78, 5) is 24.3. The molecule has 2 heterocycles. The van der Waals surface area contributed by atoms with Gasteiger partial charge in [-0.15, -0.1) is 10.2 Å². The number of nitrogens with one attached hydrogen (secondary N) is 1. The summed E-state index contributed by atoms with van der Waals surface area (Å²) in [6, 6.07) is 10.7. The molecule has 1 amide bonds. The van der Waals surface area contributed by atoms with Crippen LogP contribution in [0.2, 0.25) is 0 Å². The molecule has 0 aliphatic heterocycles. The van der Waals surface area contributed by atoms with E-state index in [0.29, 0.717) is 18.8 Å². The standard InChI is InChI=1S/C18H20N6O2S/c1-13-3-5-14(6-4-13)11-24-16(25)8-7-15(22-24)17(26)19-9-10-27-18-21-20-12-23(18)2/h3-8,12H,9-11H2,1-2H3,(H,19,26). The molecule has 0 saturated carbocycles. The number of benzene rings is 1. The van der Waals surface area contributed by atoms with E-state index in [0.717, 1.165) is 16.3 Å². The Morgan fingerprint density at radius 2 is 1.96 bits per heavy atom. The maximum atomic E-state index is 12.3. The zero-order chi connectivity index (χ0) is 19.2. The number of rotatable bonds is 7. The van der Waals surface area contributed by atoms with Crippen LogP contribution in [0.25, 0.3) is 0 Å². The Morgan fingerprint density at radius 1 is 1.19 bits per heavy atom. The van der Waals surface area contributed by atoms with Crippen molar-refractivity contribution in [3.05, 3.63) is 69.9 Å². The number of thioether (sulfide) groups is 1. The molecule has 1 aromatic carbocycles. The van der Waals surface area contributed by atoms with Crippen LogP contribution in [0.15, 0.2) is 52.7 Å². The van der Waals surface area contributed by atoms with Crippen LogP contribution in [0.5, 0.6) is 0 Å². The molecule has 0 atom stereocenters. The first-order valence-electron chi connectivity index (χ1n) is 8.41. The van der Waals surface area contributed by atoms with Crippen molar-refractivity contribution in [1.29, 1.82) is 0 Å². The van der Waals surface area contributed by atoms with Crippen molar-refractivity contribution in [3.8, 4) is 0 Å². The number of aromatic nitrogens is 5. The third kappa shape index (κ3) is 5.04. The monoisotopic (exact) mass is 384 g/mol. The Labute approximate surface area is 160 Å². The number of carbonyl (C=O) groups is 1. The molecule has 8 nitrogen and oxygen atoms in total. The minimum absolute atomic E-state index is 0.213. The van der Waals surface area contributed by atoms with Gasteiger partial charge < -0.3 is 9.88 Å². The zero-order valence-electron chi connectivity index (χ0n) is 15.1. The van der Waals surface area contributed by atoms with Crippen LogP contribution in [0, 0.1) is 6.92 Å². The Kier molecular flexibility index (Phi) is 6.02. The first-order chi connectivity index (χ1) is 13.0. The van der Waals surface area contributed by atoms with E-state index in [1.165, 1.54) is 28.6 Å². The van der Waals surface area contributed by atoms with Gasteiger partial charge in [0.2, 0.25) is 0 Å². The molecular weight excluding hydrogens is 364 g/mol. The van der Waals surface area contributed by atoms with Gasteiger partial charge in [-0.1, -0.05) is 41.6 Å². The second-order valence-electron chi connectivity index (χ2n) is 6.03. The molecule has 0 unspecified atom stereocenters. The summed E-state index contributed by atoms with van der Waals surface area (Å²) in [5.41, 5.74) is 2.06. The minimum Gasteiger partial charge on any atom is -0.350 e. The van der Waals surface area contributed by atoms with Crippen molar-refractivity contribution in [1.82, 2.24) is 29.9 Å². The highest BCUT2D eigenvalue weighted by molar-refractivity contribution is 7.99. The van der Waals surface area contributed by atoms with E-state index in [9.17, 15) is 9.59 Å². The van der Waals surface area contributed by atoms with Gasteiger partial charge in [-0.3, -0.25) is 9.59 Å². The molecule has 0 aliphatic carbocycles. The predicted molar refractivity (Wildman–Crippen MR) is 103 cm³/mol. The summed E-state index contributed by atoms with van der Waals surface area (Å²) in [5, 5.41) is 15.6. The lowest BCUT2D eigenvalue weighted by Crippen LogP contribution is -2.31. The molecule has 27 heavy (non-hydrogen) atoms. The minimum atomic E-state index is -0.314. The van der Waals surface area contributed by atoms with Crippen LogP contribution < -0.4 is 10.9 Å². The van der Waals surface area contributed by atoms with Gasteiger partial charge in [-0.25, -0.2) is 4.68 Å². The fourth-order valence-corrected chi connectivity index (χ4v) is 3.09. The fourth-order valence-electron chi connectivity index (χ4n) is 2.35. The second kappa shape index (κ2) is 8.63. The van der Waals surface area contributed by atoms with Crippen molar-refractivity contribution in [2.24, 2.45) is 7.05 Å². The highest BCUT2D eigenvalue weighted by atomic mass is 32.2. The molecule has 0 saturated heterocycles. The van der Waals surface area contributed by atoms with Crippen molar-refractivity contribution < 1.29 is 4.79 Å². The van der Waals surface area contributed by atoms with E-state index in [1.807, 2.05) is 42.8 Å². The molecule has 0 spiro atoms. The molecule has 3 rings (SSSR count). The normalized spacial score (nSPS) is 10.7. The molecule has 140 valence electrons. The first kappa shape index (κ1) is 18.8. The van der Waals surface area contributed by atoms with E-state index >= 15 is 0 Å². The molecular formula is C18H20N6O2S. The fraction of sp³-hybridized carbons (Fsp3) is 0.278. The Balaban J connectivity index is 1.59. The lowest BCUT2D eigenvalue weighted by molar-refractivity contribution is 0.0948. The molecule has 0 bridgehead atoms. The first-order valence-corrected chi connectivity index (χ1v) is 9.40. The molecule has 1 N–H and O–H groups in total. The third-order valence-electron chi connectivity index (χ3n) is 3.84. The number of nitrogens with zero attached hydrogens (tertiary/aromatic N) is 5. The molecule has 0 aliphatic rings. The number of carbonyl (C=O) groups excluding carboxylic acids is 1. The largest absolute Gasteiger partial charge is 0.350 e. The summed E-state index contributed by atoms with van der Waals surface area (Å²) in [7, 11) is 1.86. The third-order valence-corrected chi connectivity index (χ3v) is 4.88. The maximum absolute atomic E-state index is 12.3. The predicted octanol–water partition coefficient (Wildman–Crippen LogP) is 1.25. The summed E-state index contributed by atoms with van der Waals surface area (Å²) < 4.78 is 3.11. The lowest BCUT2D eigenvalue weighted by Gasteiger charge is -2.08. The summed E-state index contributed by atoms with van der Waals surface area (Å²) in [5.74, 6) is 0.340. The van der Waals surface area contributed by atoms with Crippen LogP contribution in [0.4, 0.5) is 0 Å². The van der Waals surface area contributed by atoms with Crippen LogP contribution in [0.1, 0.15) is 21.6 Å². The van der Waals surface area contributed by atoms with E-state index in [2.05, 4.69) is 20.6 Å². The second-order valence-corrected chi connectivity index (χ2v) is 7.09. The summed E-state index contributed by atoms with van der Waals surface area (Å²) in [6.07, 6.45) is 1.63. The van der Waals surface area contributed by atoms with Crippen molar-refractivity contribution in [2.45, 2.75) is 18.6 Å². The van der Waals surface area contributed by atoms with E-state index in [1.54, 1.807) is 6.33 Å². The quantitative estimate of drug-likeness (QED) is 0.487. The number of aryl methyl sites for hydroxylation is 2. The van der Waals surface area contributed by atoms with Gasteiger partial charge in [0.1, 0.15) is 12.0 Å². The number of hydrogen-bond acceptors (Lipinski definition) is 6.